The summed E-state index contributed by atoms with van der Waals surface area (Å²) in [4.78, 5) is 23.9. The topological polar surface area (TPSA) is 67.4 Å². The highest BCUT2D eigenvalue weighted by atomic mass is 35.5. The van der Waals surface area contributed by atoms with Crippen LogP contribution < -0.4 is 15.4 Å². The minimum Gasteiger partial charge on any atom is -0.497 e. The lowest BCUT2D eigenvalue weighted by molar-refractivity contribution is -0.120. The lowest BCUT2D eigenvalue weighted by Crippen LogP contribution is -2.36. The Bertz CT molecular complexity index is 730. The highest BCUT2D eigenvalue weighted by Crippen LogP contribution is 2.17. The summed E-state index contributed by atoms with van der Waals surface area (Å²) in [5, 5.41) is 5.66. The maximum atomic E-state index is 12.0. The molecule has 2 aromatic rings. The first-order valence-electron chi connectivity index (χ1n) is 7.43. The Morgan fingerprint density at radius 2 is 1.79 bits per heavy atom. The highest BCUT2D eigenvalue weighted by molar-refractivity contribution is 6.33. The Kier molecular flexibility index (Phi) is 6.21. The first-order valence-corrected chi connectivity index (χ1v) is 7.81. The van der Waals surface area contributed by atoms with Crippen molar-refractivity contribution in [3.8, 4) is 5.75 Å². The van der Waals surface area contributed by atoms with Crippen molar-refractivity contribution >= 4 is 23.4 Å². The SMILES string of the molecule is COc1ccc(CNC(=O)CNC(=O)c2ccc(C)cc2Cl)cc1. The molecule has 2 aromatic carbocycles. The fourth-order valence-electron chi connectivity index (χ4n) is 2.07. The van der Waals surface area contributed by atoms with Gasteiger partial charge in [-0.3, -0.25) is 9.59 Å². The Labute approximate surface area is 146 Å². The summed E-state index contributed by atoms with van der Waals surface area (Å²) >= 11 is 6.03. The zero-order valence-electron chi connectivity index (χ0n) is 13.6. The third-order valence-corrected chi connectivity index (χ3v) is 3.74. The fourth-order valence-corrected chi connectivity index (χ4v) is 2.39. The summed E-state index contributed by atoms with van der Waals surface area (Å²) < 4.78 is 5.07. The van der Waals surface area contributed by atoms with Crippen molar-refractivity contribution in [2.24, 2.45) is 0 Å². The maximum Gasteiger partial charge on any atom is 0.253 e. The minimum atomic E-state index is -0.375. The number of hydrogen-bond donors (Lipinski definition) is 2. The molecule has 0 fully saturated rings. The van der Waals surface area contributed by atoms with Crippen molar-refractivity contribution in [3.63, 3.8) is 0 Å². The van der Waals surface area contributed by atoms with E-state index in [0.29, 0.717) is 17.1 Å². The lowest BCUT2D eigenvalue weighted by atomic mass is 10.1. The molecule has 2 rings (SSSR count). The first-order chi connectivity index (χ1) is 11.5. The number of nitrogens with one attached hydrogen (secondary N) is 2. The van der Waals surface area contributed by atoms with E-state index in [2.05, 4.69) is 10.6 Å². The van der Waals surface area contributed by atoms with Crippen LogP contribution in [0.3, 0.4) is 0 Å². The van der Waals surface area contributed by atoms with Crippen molar-refractivity contribution < 1.29 is 14.3 Å². The molecule has 2 N–H and O–H groups in total. The zero-order chi connectivity index (χ0) is 17.5. The van der Waals surface area contributed by atoms with Gasteiger partial charge < -0.3 is 15.4 Å². The predicted molar refractivity (Wildman–Crippen MR) is 93.4 cm³/mol. The summed E-state index contributed by atoms with van der Waals surface area (Å²) in [5.74, 6) is 0.106. The van der Waals surface area contributed by atoms with E-state index >= 15 is 0 Å². The number of methoxy groups -OCH3 is 1. The fraction of sp³-hybridized carbons (Fsp3) is 0.222. The van der Waals surface area contributed by atoms with Gasteiger partial charge >= 0.3 is 0 Å². The van der Waals surface area contributed by atoms with Crippen LogP contribution in [0.1, 0.15) is 21.5 Å². The normalized spacial score (nSPS) is 10.1. The zero-order valence-corrected chi connectivity index (χ0v) is 14.3. The number of ether oxygens (including phenoxy) is 1. The standard InChI is InChI=1S/C18H19ClN2O3/c1-12-3-8-15(16(19)9-12)18(23)21-11-17(22)20-10-13-4-6-14(24-2)7-5-13/h3-9H,10-11H2,1-2H3,(H,20,22)(H,21,23). The molecule has 0 saturated carbocycles. The largest absolute Gasteiger partial charge is 0.497 e. The molecule has 0 aliphatic heterocycles. The van der Waals surface area contributed by atoms with Crippen molar-refractivity contribution in [2.75, 3.05) is 13.7 Å². The molecule has 0 spiro atoms. The highest BCUT2D eigenvalue weighted by Gasteiger charge is 2.11. The Balaban J connectivity index is 1.80. The van der Waals surface area contributed by atoms with E-state index in [-0.39, 0.29) is 18.4 Å². The van der Waals surface area contributed by atoms with Crippen molar-refractivity contribution in [1.82, 2.24) is 10.6 Å². The van der Waals surface area contributed by atoms with Crippen LogP contribution >= 0.6 is 11.6 Å². The second kappa shape index (κ2) is 8.36. The van der Waals surface area contributed by atoms with E-state index < -0.39 is 0 Å². The lowest BCUT2D eigenvalue weighted by Gasteiger charge is -2.09. The Morgan fingerprint density at radius 1 is 1.08 bits per heavy atom. The van der Waals surface area contributed by atoms with Crippen molar-refractivity contribution in [1.29, 1.82) is 0 Å². The van der Waals surface area contributed by atoms with Crippen molar-refractivity contribution in [3.05, 3.63) is 64.2 Å². The molecular formula is C18H19ClN2O3. The molecule has 126 valence electrons. The van der Waals surface area contributed by atoms with Crippen LogP contribution in [-0.4, -0.2) is 25.5 Å². The summed E-state index contributed by atoms with van der Waals surface area (Å²) in [5.41, 5.74) is 2.26. The summed E-state index contributed by atoms with van der Waals surface area (Å²) in [6, 6.07) is 12.5. The number of amides is 2. The van der Waals surface area contributed by atoms with Crippen molar-refractivity contribution in [2.45, 2.75) is 13.5 Å². The first kappa shape index (κ1) is 17.8. The summed E-state index contributed by atoms with van der Waals surface area (Å²) in [6.07, 6.45) is 0. The summed E-state index contributed by atoms with van der Waals surface area (Å²) in [6.45, 7) is 2.16. The van der Waals surface area contributed by atoms with Crippen LogP contribution in [0.15, 0.2) is 42.5 Å². The van der Waals surface area contributed by atoms with E-state index in [9.17, 15) is 9.59 Å². The molecule has 0 aliphatic rings. The molecule has 0 aliphatic carbocycles. The van der Waals surface area contributed by atoms with Gasteiger partial charge in [-0.05, 0) is 42.3 Å². The molecule has 0 unspecified atom stereocenters. The van der Waals surface area contributed by atoms with Crippen LogP contribution in [0.25, 0.3) is 0 Å². The molecule has 6 heteroatoms. The summed E-state index contributed by atoms with van der Waals surface area (Å²) in [7, 11) is 1.60. The van der Waals surface area contributed by atoms with Gasteiger partial charge in [0.2, 0.25) is 5.91 Å². The van der Waals surface area contributed by atoms with Gasteiger partial charge in [0.1, 0.15) is 5.75 Å². The smallest absolute Gasteiger partial charge is 0.253 e. The van der Waals surface area contributed by atoms with E-state index in [4.69, 9.17) is 16.3 Å². The molecular weight excluding hydrogens is 328 g/mol. The number of aryl methyl sites for hydroxylation is 1. The average molecular weight is 347 g/mol. The van der Waals surface area contributed by atoms with Gasteiger partial charge in [-0.15, -0.1) is 0 Å². The van der Waals surface area contributed by atoms with Gasteiger partial charge in [-0.2, -0.15) is 0 Å². The molecule has 0 bridgehead atoms. The van der Waals surface area contributed by atoms with Crippen LogP contribution in [0, 0.1) is 6.92 Å². The van der Waals surface area contributed by atoms with E-state index in [1.165, 1.54) is 0 Å². The van der Waals surface area contributed by atoms with Crippen LogP contribution in [0.5, 0.6) is 5.75 Å². The molecule has 0 aromatic heterocycles. The molecule has 0 heterocycles. The van der Waals surface area contributed by atoms with Crippen LogP contribution in [0.4, 0.5) is 0 Å². The quantitative estimate of drug-likeness (QED) is 0.845. The molecule has 0 radical (unpaired) electrons. The monoisotopic (exact) mass is 346 g/mol. The van der Waals surface area contributed by atoms with Crippen LogP contribution in [0.2, 0.25) is 5.02 Å². The third-order valence-electron chi connectivity index (χ3n) is 3.43. The van der Waals surface area contributed by atoms with Gasteiger partial charge in [-0.1, -0.05) is 29.8 Å². The van der Waals surface area contributed by atoms with Gasteiger partial charge in [0.15, 0.2) is 0 Å². The van der Waals surface area contributed by atoms with Gasteiger partial charge in [-0.25, -0.2) is 0 Å². The van der Waals surface area contributed by atoms with Crippen LogP contribution in [-0.2, 0) is 11.3 Å². The second-order valence-corrected chi connectivity index (χ2v) is 5.70. The number of carbonyl (C=O) groups is 2. The van der Waals surface area contributed by atoms with E-state index in [1.807, 2.05) is 31.2 Å². The Hall–Kier alpha value is -2.53. The molecule has 0 atom stereocenters. The predicted octanol–water partition coefficient (Wildman–Crippen LogP) is 2.70. The number of benzene rings is 2. The number of halogens is 1. The number of hydrogen-bond acceptors (Lipinski definition) is 3. The average Bonchev–Trinajstić information content (AvgIpc) is 2.58. The second-order valence-electron chi connectivity index (χ2n) is 5.29. The van der Waals surface area contributed by atoms with Gasteiger partial charge in [0.05, 0.1) is 24.2 Å². The number of carbonyl (C=O) groups excluding carboxylic acids is 2. The molecule has 5 nitrogen and oxygen atoms in total. The van der Waals surface area contributed by atoms with Gasteiger partial charge in [0, 0.05) is 6.54 Å². The maximum absolute atomic E-state index is 12.0. The molecule has 2 amide bonds. The Morgan fingerprint density at radius 3 is 2.42 bits per heavy atom. The molecule has 0 saturated heterocycles. The minimum absolute atomic E-state index is 0.112. The van der Waals surface area contributed by atoms with Gasteiger partial charge in [0.25, 0.3) is 5.91 Å². The molecule has 24 heavy (non-hydrogen) atoms. The van der Waals surface area contributed by atoms with E-state index in [0.717, 1.165) is 16.9 Å². The number of rotatable bonds is 6. The van der Waals surface area contributed by atoms with E-state index in [1.54, 1.807) is 25.3 Å². The third kappa shape index (κ3) is 4.99.